The van der Waals surface area contributed by atoms with E-state index in [9.17, 15) is 0 Å². The summed E-state index contributed by atoms with van der Waals surface area (Å²) in [5.74, 6) is 1.32. The molecule has 0 amide bonds. The highest BCUT2D eigenvalue weighted by atomic mass is 14.9. The Morgan fingerprint density at radius 3 is 2.90 bits per heavy atom. The van der Waals surface area contributed by atoms with Gasteiger partial charge in [-0.2, -0.15) is 0 Å². The van der Waals surface area contributed by atoms with Crippen molar-refractivity contribution in [3.05, 3.63) is 40.8 Å². The topological polar surface area (TPSA) is 64.7 Å². The molecule has 1 atom stereocenters. The Labute approximate surface area is 119 Å². The van der Waals surface area contributed by atoms with Crippen molar-refractivity contribution in [2.75, 3.05) is 6.54 Å². The highest BCUT2D eigenvalue weighted by Crippen LogP contribution is 2.27. The summed E-state index contributed by atoms with van der Waals surface area (Å²) >= 11 is 0. The van der Waals surface area contributed by atoms with Crippen LogP contribution in [0.25, 0.3) is 11.5 Å². The smallest absolute Gasteiger partial charge is 0.178 e. The third-order valence-electron chi connectivity index (χ3n) is 4.06. The van der Waals surface area contributed by atoms with Crippen molar-refractivity contribution in [2.24, 2.45) is 11.7 Å². The maximum absolute atomic E-state index is 5.80. The Bertz CT molecular complexity index is 636. The molecule has 20 heavy (non-hydrogen) atoms. The fraction of sp³-hybridized carbons (Fsp3) is 0.438. The number of aromatic nitrogens is 3. The van der Waals surface area contributed by atoms with Crippen LogP contribution in [0.1, 0.15) is 28.9 Å². The molecule has 1 aliphatic carbocycles. The Morgan fingerprint density at radius 2 is 2.15 bits per heavy atom. The monoisotopic (exact) mass is 268 g/mol. The molecule has 0 aliphatic heterocycles. The Hall–Kier alpha value is -1.81. The van der Waals surface area contributed by atoms with E-state index >= 15 is 0 Å². The first-order valence-electron chi connectivity index (χ1n) is 7.17. The van der Waals surface area contributed by atoms with Crippen LogP contribution in [-0.2, 0) is 12.8 Å². The fourth-order valence-corrected chi connectivity index (χ4v) is 2.83. The fourth-order valence-electron chi connectivity index (χ4n) is 2.83. The van der Waals surface area contributed by atoms with E-state index in [1.54, 1.807) is 0 Å². The summed E-state index contributed by atoms with van der Waals surface area (Å²) in [4.78, 5) is 13.8. The third kappa shape index (κ3) is 2.43. The van der Waals surface area contributed by atoms with E-state index in [1.165, 1.54) is 16.8 Å². The molecule has 2 heterocycles. The Morgan fingerprint density at radius 1 is 1.30 bits per heavy atom. The van der Waals surface area contributed by atoms with E-state index in [0.29, 0.717) is 5.92 Å². The van der Waals surface area contributed by atoms with Gasteiger partial charge in [0.1, 0.15) is 5.69 Å². The van der Waals surface area contributed by atoms with E-state index in [2.05, 4.69) is 23.8 Å². The molecule has 0 saturated carbocycles. The summed E-state index contributed by atoms with van der Waals surface area (Å²) in [5.41, 5.74) is 11.4. The molecule has 4 heteroatoms. The molecule has 0 bridgehead atoms. The quantitative estimate of drug-likeness (QED) is 0.907. The van der Waals surface area contributed by atoms with Gasteiger partial charge < -0.3 is 5.73 Å². The summed E-state index contributed by atoms with van der Waals surface area (Å²) in [6.07, 6.45) is 4.95. The third-order valence-corrected chi connectivity index (χ3v) is 4.06. The molecule has 1 unspecified atom stereocenters. The number of rotatable bonds is 2. The summed E-state index contributed by atoms with van der Waals surface area (Å²) in [6.45, 7) is 4.88. The molecule has 0 saturated heterocycles. The summed E-state index contributed by atoms with van der Waals surface area (Å²) < 4.78 is 0. The van der Waals surface area contributed by atoms with Crippen LogP contribution in [0.4, 0.5) is 0 Å². The van der Waals surface area contributed by atoms with E-state index < -0.39 is 0 Å². The number of aryl methyl sites for hydroxylation is 3. The molecule has 0 spiro atoms. The molecule has 0 fully saturated rings. The number of nitrogens with zero attached hydrogens (tertiary/aromatic N) is 3. The van der Waals surface area contributed by atoms with Crippen LogP contribution in [0.3, 0.4) is 0 Å². The van der Waals surface area contributed by atoms with E-state index in [4.69, 9.17) is 10.7 Å². The highest BCUT2D eigenvalue weighted by Gasteiger charge is 2.22. The van der Waals surface area contributed by atoms with E-state index in [-0.39, 0.29) is 0 Å². The van der Waals surface area contributed by atoms with Gasteiger partial charge in [-0.1, -0.05) is 0 Å². The van der Waals surface area contributed by atoms with Crippen LogP contribution in [0.5, 0.6) is 0 Å². The number of pyridine rings is 1. The number of fused-ring (bicyclic) bond motifs is 1. The maximum atomic E-state index is 5.80. The van der Waals surface area contributed by atoms with Crippen molar-refractivity contribution < 1.29 is 0 Å². The molecule has 2 aromatic rings. The SMILES string of the molecule is Cc1ccnc(-c2nc(C)c3c(n2)CCC(CN)C3)c1. The lowest BCUT2D eigenvalue weighted by Crippen LogP contribution is -2.24. The molecule has 1 aliphatic rings. The molecule has 104 valence electrons. The lowest BCUT2D eigenvalue weighted by atomic mass is 9.86. The average Bonchev–Trinajstić information content (AvgIpc) is 2.47. The normalized spacial score (nSPS) is 17.9. The predicted molar refractivity (Wildman–Crippen MR) is 79.3 cm³/mol. The van der Waals surface area contributed by atoms with Crippen molar-refractivity contribution in [2.45, 2.75) is 33.1 Å². The predicted octanol–water partition coefficient (Wildman–Crippen LogP) is 2.22. The lowest BCUT2D eigenvalue weighted by molar-refractivity contribution is 0.460. The first kappa shape index (κ1) is 13.2. The zero-order valence-electron chi connectivity index (χ0n) is 12.1. The van der Waals surface area contributed by atoms with Crippen molar-refractivity contribution in [1.29, 1.82) is 0 Å². The average molecular weight is 268 g/mol. The van der Waals surface area contributed by atoms with Crippen molar-refractivity contribution in [3.63, 3.8) is 0 Å². The van der Waals surface area contributed by atoms with Gasteiger partial charge in [0, 0.05) is 17.6 Å². The summed E-state index contributed by atoms with van der Waals surface area (Å²) in [5, 5.41) is 0. The van der Waals surface area contributed by atoms with E-state index in [1.807, 2.05) is 18.3 Å². The van der Waals surface area contributed by atoms with Gasteiger partial charge in [-0.25, -0.2) is 9.97 Å². The minimum Gasteiger partial charge on any atom is -0.330 e. The Kier molecular flexibility index (Phi) is 3.49. The van der Waals surface area contributed by atoms with Crippen LogP contribution in [-0.4, -0.2) is 21.5 Å². The van der Waals surface area contributed by atoms with Gasteiger partial charge in [0.2, 0.25) is 0 Å². The van der Waals surface area contributed by atoms with Crippen LogP contribution in [0, 0.1) is 19.8 Å². The zero-order chi connectivity index (χ0) is 14.1. The largest absolute Gasteiger partial charge is 0.330 e. The van der Waals surface area contributed by atoms with Crippen molar-refractivity contribution in [1.82, 2.24) is 15.0 Å². The number of hydrogen-bond acceptors (Lipinski definition) is 4. The van der Waals surface area contributed by atoms with Gasteiger partial charge in [0.05, 0.1) is 0 Å². The molecule has 0 aromatic carbocycles. The zero-order valence-corrected chi connectivity index (χ0v) is 12.1. The minimum absolute atomic E-state index is 0.577. The first-order valence-corrected chi connectivity index (χ1v) is 7.17. The maximum Gasteiger partial charge on any atom is 0.178 e. The van der Waals surface area contributed by atoms with Gasteiger partial charge in [-0.15, -0.1) is 0 Å². The van der Waals surface area contributed by atoms with Gasteiger partial charge in [0.25, 0.3) is 0 Å². The molecule has 3 rings (SSSR count). The van der Waals surface area contributed by atoms with Crippen LogP contribution >= 0.6 is 0 Å². The molecule has 0 radical (unpaired) electrons. The van der Waals surface area contributed by atoms with Gasteiger partial charge >= 0.3 is 0 Å². The first-order chi connectivity index (χ1) is 9.67. The second-order valence-corrected chi connectivity index (χ2v) is 5.62. The van der Waals surface area contributed by atoms with E-state index in [0.717, 1.165) is 43.0 Å². The van der Waals surface area contributed by atoms with Crippen LogP contribution in [0.15, 0.2) is 18.3 Å². The van der Waals surface area contributed by atoms with Gasteiger partial charge in [-0.05, 0) is 68.8 Å². The highest BCUT2D eigenvalue weighted by molar-refractivity contribution is 5.51. The summed E-state index contributed by atoms with van der Waals surface area (Å²) in [6, 6.07) is 4.02. The van der Waals surface area contributed by atoms with Crippen molar-refractivity contribution in [3.8, 4) is 11.5 Å². The second-order valence-electron chi connectivity index (χ2n) is 5.62. The molecule has 2 N–H and O–H groups in total. The van der Waals surface area contributed by atoms with Crippen LogP contribution in [0.2, 0.25) is 0 Å². The summed E-state index contributed by atoms with van der Waals surface area (Å²) in [7, 11) is 0. The molecular weight excluding hydrogens is 248 g/mol. The van der Waals surface area contributed by atoms with Gasteiger partial charge in [0.15, 0.2) is 5.82 Å². The Balaban J connectivity index is 2.02. The standard InChI is InChI=1S/C16H20N4/c1-10-5-6-18-15(7-10)16-19-11(2)13-8-12(9-17)3-4-14(13)20-16/h5-7,12H,3-4,8-9,17H2,1-2H3. The number of nitrogens with two attached hydrogens (primary N) is 1. The van der Waals surface area contributed by atoms with Crippen molar-refractivity contribution >= 4 is 0 Å². The molecule has 2 aromatic heterocycles. The number of hydrogen-bond donors (Lipinski definition) is 1. The lowest BCUT2D eigenvalue weighted by Gasteiger charge is -2.24. The molecular formula is C16H20N4. The van der Waals surface area contributed by atoms with Gasteiger partial charge in [-0.3, -0.25) is 4.98 Å². The second kappa shape index (κ2) is 5.29. The van der Waals surface area contributed by atoms with Crippen LogP contribution < -0.4 is 5.73 Å². The molecule has 4 nitrogen and oxygen atoms in total. The minimum atomic E-state index is 0.577.